The molecule has 0 amide bonds. The predicted molar refractivity (Wildman–Crippen MR) is 101 cm³/mol. The molecule has 0 bridgehead atoms. The van der Waals surface area contributed by atoms with E-state index in [1.165, 1.54) is 0 Å². The molecule has 154 valence electrons. The summed E-state index contributed by atoms with van der Waals surface area (Å²) in [6.45, 7) is 8.90. The second-order valence-electron chi connectivity index (χ2n) is 6.00. The number of rotatable bonds is 11. The smallest absolute Gasteiger partial charge is 0.463 e. The van der Waals surface area contributed by atoms with Gasteiger partial charge in [0, 0.05) is 39.5 Å². The summed E-state index contributed by atoms with van der Waals surface area (Å²) in [5.41, 5.74) is 5.77. The molecule has 0 fully saturated rings. The van der Waals surface area contributed by atoms with Gasteiger partial charge in [0.15, 0.2) is 0 Å². The van der Waals surface area contributed by atoms with Crippen molar-refractivity contribution in [3.8, 4) is 0 Å². The van der Waals surface area contributed by atoms with Crippen molar-refractivity contribution in [3.05, 3.63) is 12.2 Å². The van der Waals surface area contributed by atoms with Gasteiger partial charge in [0.2, 0.25) is 0 Å². The molecule has 0 heterocycles. The third-order valence-electron chi connectivity index (χ3n) is 3.52. The fourth-order valence-electron chi connectivity index (χ4n) is 1.67. The number of ether oxygens (including phenoxy) is 2. The zero-order valence-corrected chi connectivity index (χ0v) is 18.1. The first-order chi connectivity index (χ1) is 12.2. The van der Waals surface area contributed by atoms with Crippen LogP contribution in [0, 0.1) is 5.41 Å². The molecule has 0 saturated carbocycles. The molecule has 0 atom stereocenters. The third kappa shape index (κ3) is 13.0. The van der Waals surface area contributed by atoms with E-state index in [1.807, 2.05) is 0 Å². The summed E-state index contributed by atoms with van der Waals surface area (Å²) in [4.78, 5) is 21.3. The van der Waals surface area contributed by atoms with Gasteiger partial charge in [-0.15, -0.1) is 0 Å². The highest BCUT2D eigenvalue weighted by Gasteiger charge is 2.38. The Hall–Kier alpha value is -1.26. The van der Waals surface area contributed by atoms with Crippen LogP contribution in [0.25, 0.3) is 0 Å². The average Bonchev–Trinajstić information content (AvgIpc) is 2.63. The van der Waals surface area contributed by atoms with Crippen molar-refractivity contribution in [2.45, 2.75) is 40.2 Å². The van der Waals surface area contributed by atoms with Crippen LogP contribution in [-0.4, -0.2) is 61.8 Å². The molecule has 26 heavy (non-hydrogen) atoms. The Morgan fingerprint density at radius 3 is 1.58 bits per heavy atom. The van der Waals surface area contributed by atoms with Gasteiger partial charge in [0.05, 0.1) is 13.2 Å². The maximum atomic E-state index is 10.6. The lowest BCUT2D eigenvalue weighted by Gasteiger charge is -2.29. The standard InChI is InChI=1S/C9H23NO3Si.C8H12O4/c1-9(2,8-10)6-7-14(11-3,12-4)13-5;1-3-11-7(9)5-6-8(10)12-4-2/h6-8,10H2,1-5H3;5-6H,3-4H2,1-2H3/b;6-5-. The van der Waals surface area contributed by atoms with Gasteiger partial charge in [0.1, 0.15) is 0 Å². The summed E-state index contributed by atoms with van der Waals surface area (Å²) in [7, 11) is 2.50. The van der Waals surface area contributed by atoms with E-state index in [9.17, 15) is 9.59 Å². The number of hydrogen-bond donors (Lipinski definition) is 1. The largest absolute Gasteiger partial charge is 0.500 e. The predicted octanol–water partition coefficient (Wildman–Crippen LogP) is 1.91. The number of carbonyl (C=O) groups excluding carboxylic acids is 2. The molecule has 0 radical (unpaired) electrons. The van der Waals surface area contributed by atoms with Crippen LogP contribution in [0.5, 0.6) is 0 Å². The maximum Gasteiger partial charge on any atom is 0.500 e. The highest BCUT2D eigenvalue weighted by atomic mass is 28.4. The summed E-state index contributed by atoms with van der Waals surface area (Å²) in [5.74, 6) is -1.07. The fourth-order valence-corrected chi connectivity index (χ4v) is 3.76. The Kier molecular flexibility index (Phi) is 15.4. The van der Waals surface area contributed by atoms with Crippen LogP contribution in [0.2, 0.25) is 6.04 Å². The first-order valence-corrected chi connectivity index (χ1v) is 10.5. The first-order valence-electron chi connectivity index (χ1n) is 8.52. The van der Waals surface area contributed by atoms with Crippen molar-refractivity contribution in [2.24, 2.45) is 11.1 Å². The quantitative estimate of drug-likeness (QED) is 0.322. The zero-order chi connectivity index (χ0) is 20.6. The molecular formula is C17H35NO7Si. The molecule has 0 aromatic carbocycles. The second-order valence-corrected chi connectivity index (χ2v) is 9.09. The maximum absolute atomic E-state index is 10.6. The molecule has 0 aliphatic heterocycles. The number of hydrogen-bond acceptors (Lipinski definition) is 8. The molecule has 8 nitrogen and oxygen atoms in total. The molecule has 0 aromatic heterocycles. The molecule has 9 heteroatoms. The molecule has 0 aliphatic rings. The SMILES string of the molecule is CCOC(=O)/C=C\C(=O)OCC.CO[Si](CCC(C)(C)CN)(OC)OC. The van der Waals surface area contributed by atoms with Gasteiger partial charge < -0.3 is 28.5 Å². The molecule has 0 rings (SSSR count). The van der Waals surface area contributed by atoms with Crippen LogP contribution in [0.15, 0.2) is 12.2 Å². The zero-order valence-electron chi connectivity index (χ0n) is 17.1. The Balaban J connectivity index is 0. The summed E-state index contributed by atoms with van der Waals surface area (Å²) < 4.78 is 25.1. The highest BCUT2D eigenvalue weighted by Crippen LogP contribution is 2.26. The first kappa shape index (κ1) is 27.0. The average molecular weight is 394 g/mol. The number of esters is 2. The minimum absolute atomic E-state index is 0.119. The van der Waals surface area contributed by atoms with E-state index in [0.29, 0.717) is 19.8 Å². The number of nitrogens with two attached hydrogens (primary N) is 1. The van der Waals surface area contributed by atoms with Crippen LogP contribution in [0.1, 0.15) is 34.1 Å². The Morgan fingerprint density at radius 2 is 1.31 bits per heavy atom. The van der Waals surface area contributed by atoms with E-state index in [1.54, 1.807) is 35.2 Å². The lowest BCUT2D eigenvalue weighted by Crippen LogP contribution is -2.44. The molecule has 0 aliphatic carbocycles. The van der Waals surface area contributed by atoms with E-state index >= 15 is 0 Å². The molecule has 0 spiro atoms. The van der Waals surface area contributed by atoms with Crippen LogP contribution in [0.4, 0.5) is 0 Å². The van der Waals surface area contributed by atoms with Gasteiger partial charge in [-0.3, -0.25) is 0 Å². The fraction of sp³-hybridized carbons (Fsp3) is 0.765. The van der Waals surface area contributed by atoms with Gasteiger partial charge in [-0.2, -0.15) is 0 Å². The van der Waals surface area contributed by atoms with Gasteiger partial charge in [0.25, 0.3) is 0 Å². The summed E-state index contributed by atoms with van der Waals surface area (Å²) in [5, 5.41) is 0. The molecule has 0 saturated heterocycles. The summed E-state index contributed by atoms with van der Waals surface area (Å²) in [6, 6.07) is 0.806. The van der Waals surface area contributed by atoms with Gasteiger partial charge in [-0.1, -0.05) is 13.8 Å². The van der Waals surface area contributed by atoms with Crippen molar-refractivity contribution in [1.29, 1.82) is 0 Å². The van der Waals surface area contributed by atoms with Crippen molar-refractivity contribution in [1.82, 2.24) is 0 Å². The van der Waals surface area contributed by atoms with E-state index in [0.717, 1.165) is 24.6 Å². The van der Waals surface area contributed by atoms with Gasteiger partial charge in [-0.25, -0.2) is 9.59 Å². The monoisotopic (exact) mass is 393 g/mol. The van der Waals surface area contributed by atoms with Gasteiger partial charge in [-0.05, 0) is 32.2 Å². The molecule has 2 N–H and O–H groups in total. The van der Waals surface area contributed by atoms with E-state index in [-0.39, 0.29) is 5.41 Å². The molecular weight excluding hydrogens is 358 g/mol. The number of carbonyl (C=O) groups is 2. The van der Waals surface area contributed by atoms with Crippen molar-refractivity contribution in [2.75, 3.05) is 41.1 Å². The summed E-state index contributed by atoms with van der Waals surface area (Å²) >= 11 is 0. The normalized spacial score (nSPS) is 11.7. The van der Waals surface area contributed by atoms with Gasteiger partial charge >= 0.3 is 20.7 Å². The van der Waals surface area contributed by atoms with Crippen molar-refractivity contribution in [3.63, 3.8) is 0 Å². The lowest BCUT2D eigenvalue weighted by molar-refractivity contribution is -0.140. The summed E-state index contributed by atoms with van der Waals surface area (Å²) in [6.07, 6.45) is 3.04. The second kappa shape index (κ2) is 14.9. The molecule has 0 aromatic rings. The van der Waals surface area contributed by atoms with Crippen LogP contribution < -0.4 is 5.73 Å². The van der Waals surface area contributed by atoms with E-state index in [4.69, 9.17) is 19.0 Å². The molecule has 0 unspecified atom stereocenters. The van der Waals surface area contributed by atoms with Crippen LogP contribution in [-0.2, 0) is 32.3 Å². The minimum Gasteiger partial charge on any atom is -0.463 e. The third-order valence-corrected chi connectivity index (χ3v) is 6.25. The van der Waals surface area contributed by atoms with Crippen molar-refractivity contribution >= 4 is 20.7 Å². The Morgan fingerprint density at radius 1 is 0.923 bits per heavy atom. The highest BCUT2D eigenvalue weighted by molar-refractivity contribution is 6.60. The minimum atomic E-state index is -2.40. The topological polar surface area (TPSA) is 106 Å². The lowest BCUT2D eigenvalue weighted by atomic mass is 9.91. The Labute approximate surface area is 158 Å². The Bertz CT molecular complexity index is 395. The van der Waals surface area contributed by atoms with Crippen LogP contribution in [0.3, 0.4) is 0 Å². The van der Waals surface area contributed by atoms with Crippen molar-refractivity contribution < 1.29 is 32.3 Å². The van der Waals surface area contributed by atoms with E-state index < -0.39 is 20.7 Å². The van der Waals surface area contributed by atoms with Crippen LogP contribution >= 0.6 is 0 Å². The van der Waals surface area contributed by atoms with E-state index in [2.05, 4.69) is 23.3 Å².